The molecule has 0 fully saturated rings. The molecule has 0 aliphatic heterocycles. The van der Waals surface area contributed by atoms with Crippen molar-refractivity contribution in [2.75, 3.05) is 6.61 Å². The van der Waals surface area contributed by atoms with Crippen molar-refractivity contribution >= 4 is 28.4 Å². The van der Waals surface area contributed by atoms with Gasteiger partial charge in [-0.1, -0.05) is 24.9 Å². The number of benzene rings is 2. The zero-order valence-corrected chi connectivity index (χ0v) is 16.1. The van der Waals surface area contributed by atoms with E-state index >= 15 is 0 Å². The number of carbonyl (C=O) groups is 1. The largest absolute Gasteiger partial charge is 0.485 e. The van der Waals surface area contributed by atoms with E-state index in [1.54, 1.807) is 30.3 Å². The Kier molecular flexibility index (Phi) is 5.97. The Morgan fingerprint density at radius 2 is 1.89 bits per heavy atom. The maximum atomic E-state index is 12.3. The van der Waals surface area contributed by atoms with Crippen LogP contribution < -0.4 is 10.4 Å². The van der Waals surface area contributed by atoms with Gasteiger partial charge in [0.15, 0.2) is 12.4 Å². The predicted molar refractivity (Wildman–Crippen MR) is 107 cm³/mol. The lowest BCUT2D eigenvalue weighted by Gasteiger charge is -2.12. The molecule has 2 aromatic carbocycles. The van der Waals surface area contributed by atoms with Crippen LogP contribution >= 0.6 is 11.6 Å². The predicted octanol–water partition coefficient (Wildman–Crippen LogP) is 5.36. The first-order chi connectivity index (χ1) is 13.0. The topological polar surface area (TPSA) is 56.5 Å². The molecular formula is C22H21ClO4. The highest BCUT2D eigenvalue weighted by Crippen LogP contribution is 2.29. The first-order valence-corrected chi connectivity index (χ1v) is 9.35. The highest BCUT2D eigenvalue weighted by Gasteiger charge is 2.13. The summed E-state index contributed by atoms with van der Waals surface area (Å²) in [6.45, 7) is 3.84. The number of hydrogen-bond acceptors (Lipinski definition) is 4. The molecule has 3 rings (SSSR count). The molecule has 5 heteroatoms. The lowest BCUT2D eigenvalue weighted by molar-refractivity contribution is 0.0921. The fourth-order valence-electron chi connectivity index (χ4n) is 3.00. The Morgan fingerprint density at radius 1 is 1.15 bits per heavy atom. The number of ketones is 1. The molecule has 0 radical (unpaired) electrons. The molecule has 0 saturated heterocycles. The number of hydrogen-bond donors (Lipinski definition) is 0. The third-order valence-corrected chi connectivity index (χ3v) is 4.77. The molecular weight excluding hydrogens is 364 g/mol. The van der Waals surface area contributed by atoms with Gasteiger partial charge in [0.2, 0.25) is 0 Å². The first kappa shape index (κ1) is 19.2. The van der Waals surface area contributed by atoms with E-state index in [0.29, 0.717) is 27.5 Å². The maximum Gasteiger partial charge on any atom is 0.336 e. The summed E-state index contributed by atoms with van der Waals surface area (Å²) in [4.78, 5) is 24.2. The Bertz CT molecular complexity index is 1020. The van der Waals surface area contributed by atoms with Gasteiger partial charge in [-0.25, -0.2) is 4.79 Å². The first-order valence-electron chi connectivity index (χ1n) is 8.97. The summed E-state index contributed by atoms with van der Waals surface area (Å²) in [6.07, 6.45) is 2.88. The van der Waals surface area contributed by atoms with Gasteiger partial charge >= 0.3 is 5.63 Å². The molecule has 0 saturated carbocycles. The molecule has 0 atom stereocenters. The van der Waals surface area contributed by atoms with Crippen LogP contribution in [0, 0.1) is 6.92 Å². The molecule has 0 bridgehead atoms. The van der Waals surface area contributed by atoms with E-state index in [4.69, 9.17) is 20.8 Å². The van der Waals surface area contributed by atoms with Gasteiger partial charge in [0.25, 0.3) is 0 Å². The fourth-order valence-corrected chi connectivity index (χ4v) is 3.13. The second kappa shape index (κ2) is 8.40. The van der Waals surface area contributed by atoms with Crippen molar-refractivity contribution in [1.29, 1.82) is 0 Å². The van der Waals surface area contributed by atoms with Crippen molar-refractivity contribution < 1.29 is 13.9 Å². The summed E-state index contributed by atoms with van der Waals surface area (Å²) in [5, 5.41) is 1.49. The lowest BCUT2D eigenvalue weighted by Crippen LogP contribution is -2.12. The Hall–Kier alpha value is -2.59. The number of carbonyl (C=O) groups excluding carboxylic acids is 1. The van der Waals surface area contributed by atoms with Gasteiger partial charge in [0.05, 0.1) is 0 Å². The van der Waals surface area contributed by atoms with Crippen LogP contribution in [0.4, 0.5) is 0 Å². The van der Waals surface area contributed by atoms with Crippen LogP contribution in [0.3, 0.4) is 0 Å². The van der Waals surface area contributed by atoms with E-state index in [2.05, 4.69) is 6.92 Å². The van der Waals surface area contributed by atoms with Gasteiger partial charge in [-0.15, -0.1) is 0 Å². The Morgan fingerprint density at radius 3 is 2.59 bits per heavy atom. The van der Waals surface area contributed by atoms with Crippen molar-refractivity contribution in [3.05, 3.63) is 74.6 Å². The van der Waals surface area contributed by atoms with E-state index in [0.717, 1.165) is 30.2 Å². The molecule has 1 aromatic heterocycles. The molecule has 140 valence electrons. The quantitative estimate of drug-likeness (QED) is 0.406. The van der Waals surface area contributed by atoms with E-state index in [-0.39, 0.29) is 18.0 Å². The monoisotopic (exact) mass is 384 g/mol. The standard InChI is InChI=1S/C22H21ClO4/c1-3-4-5-16-12-21(25)27-22-14(2)20(11-10-18(16)22)26-13-19(24)15-6-8-17(23)9-7-15/h6-12H,3-5,13H2,1-2H3. The number of ether oxygens (including phenoxy) is 1. The normalized spacial score (nSPS) is 10.9. The summed E-state index contributed by atoms with van der Waals surface area (Å²) in [5.41, 5.74) is 2.38. The minimum Gasteiger partial charge on any atom is -0.485 e. The van der Waals surface area contributed by atoms with Crippen LogP contribution in [-0.2, 0) is 6.42 Å². The highest BCUT2D eigenvalue weighted by molar-refractivity contribution is 6.30. The number of Topliss-reactive ketones (excluding diaryl/α,β-unsaturated/α-hetero) is 1. The molecule has 0 aliphatic rings. The van der Waals surface area contributed by atoms with Crippen LogP contribution in [0.15, 0.2) is 51.7 Å². The Balaban J connectivity index is 1.85. The average Bonchev–Trinajstić information content (AvgIpc) is 2.66. The SMILES string of the molecule is CCCCc1cc(=O)oc2c(C)c(OCC(=O)c3ccc(Cl)cc3)ccc12. The summed E-state index contributed by atoms with van der Waals surface area (Å²) in [7, 11) is 0. The van der Waals surface area contributed by atoms with E-state index in [1.165, 1.54) is 0 Å². The minimum atomic E-state index is -0.369. The van der Waals surface area contributed by atoms with Crippen molar-refractivity contribution in [3.63, 3.8) is 0 Å². The van der Waals surface area contributed by atoms with Gasteiger partial charge in [-0.2, -0.15) is 0 Å². The number of halogens is 1. The molecule has 0 N–H and O–H groups in total. The minimum absolute atomic E-state index is 0.103. The zero-order chi connectivity index (χ0) is 19.4. The van der Waals surface area contributed by atoms with Gasteiger partial charge in [-0.3, -0.25) is 4.79 Å². The van der Waals surface area contributed by atoms with E-state index in [9.17, 15) is 9.59 Å². The third-order valence-electron chi connectivity index (χ3n) is 4.52. The second-order valence-corrected chi connectivity index (χ2v) is 6.91. The third kappa shape index (κ3) is 4.40. The molecule has 27 heavy (non-hydrogen) atoms. The van der Waals surface area contributed by atoms with Crippen LogP contribution in [0.5, 0.6) is 5.75 Å². The van der Waals surface area contributed by atoms with Crippen LogP contribution in [0.1, 0.15) is 41.3 Å². The molecule has 0 amide bonds. The molecule has 0 aliphatic carbocycles. The highest BCUT2D eigenvalue weighted by atomic mass is 35.5. The summed E-state index contributed by atoms with van der Waals surface area (Å²) < 4.78 is 11.1. The fraction of sp³-hybridized carbons (Fsp3) is 0.273. The van der Waals surface area contributed by atoms with E-state index in [1.807, 2.05) is 19.1 Å². The van der Waals surface area contributed by atoms with Crippen molar-refractivity contribution in [1.82, 2.24) is 0 Å². The molecule has 3 aromatic rings. The summed E-state index contributed by atoms with van der Waals surface area (Å²) in [6, 6.07) is 11.9. The van der Waals surface area contributed by atoms with Crippen molar-refractivity contribution in [3.8, 4) is 5.75 Å². The van der Waals surface area contributed by atoms with Crippen molar-refractivity contribution in [2.24, 2.45) is 0 Å². The number of fused-ring (bicyclic) bond motifs is 1. The molecule has 4 nitrogen and oxygen atoms in total. The smallest absolute Gasteiger partial charge is 0.336 e. The number of unbranched alkanes of at least 4 members (excludes halogenated alkanes) is 1. The average molecular weight is 385 g/mol. The Labute approximate surface area is 162 Å². The maximum absolute atomic E-state index is 12.3. The summed E-state index contributed by atoms with van der Waals surface area (Å²) in [5.74, 6) is 0.380. The molecule has 0 spiro atoms. The number of rotatable bonds is 7. The lowest BCUT2D eigenvalue weighted by atomic mass is 10.0. The van der Waals surface area contributed by atoms with E-state index < -0.39 is 0 Å². The zero-order valence-electron chi connectivity index (χ0n) is 15.4. The van der Waals surface area contributed by atoms with Crippen LogP contribution in [0.25, 0.3) is 11.0 Å². The summed E-state index contributed by atoms with van der Waals surface area (Å²) >= 11 is 5.84. The van der Waals surface area contributed by atoms with Gasteiger partial charge in [-0.05, 0) is 61.7 Å². The van der Waals surface area contributed by atoms with Gasteiger partial charge in [0, 0.05) is 27.6 Å². The van der Waals surface area contributed by atoms with Crippen molar-refractivity contribution in [2.45, 2.75) is 33.1 Å². The van der Waals surface area contributed by atoms with Crippen LogP contribution in [-0.4, -0.2) is 12.4 Å². The van der Waals surface area contributed by atoms with Gasteiger partial charge < -0.3 is 9.15 Å². The molecule has 0 unspecified atom stereocenters. The number of aryl methyl sites for hydroxylation is 2. The second-order valence-electron chi connectivity index (χ2n) is 6.48. The van der Waals surface area contributed by atoms with Gasteiger partial charge in [0.1, 0.15) is 11.3 Å². The molecule has 1 heterocycles. The van der Waals surface area contributed by atoms with Crippen LogP contribution in [0.2, 0.25) is 5.02 Å².